The van der Waals surface area contributed by atoms with Gasteiger partial charge in [0.1, 0.15) is 0 Å². The third-order valence-electron chi connectivity index (χ3n) is 4.84. The summed E-state index contributed by atoms with van der Waals surface area (Å²) < 4.78 is 0. The zero-order valence-electron chi connectivity index (χ0n) is 15.3. The number of unbranched alkanes of at least 4 members (excludes halogenated alkanes) is 13. The fraction of sp³-hybridized carbons (Fsp3) is 1.00. The van der Waals surface area contributed by atoms with Gasteiger partial charge in [0.2, 0.25) is 0 Å². The lowest BCUT2D eigenvalue weighted by molar-refractivity contribution is 0.252. The molecule has 2 nitrogen and oxygen atoms in total. The molecule has 1 unspecified atom stereocenters. The van der Waals surface area contributed by atoms with Gasteiger partial charge in [-0.15, -0.1) is 0 Å². The molecule has 0 aromatic heterocycles. The molecule has 0 heterocycles. The fourth-order valence-corrected chi connectivity index (χ4v) is 3.19. The van der Waals surface area contributed by atoms with Crippen molar-refractivity contribution >= 4 is 0 Å². The van der Waals surface area contributed by atoms with Crippen molar-refractivity contribution in [3.63, 3.8) is 0 Å². The van der Waals surface area contributed by atoms with Gasteiger partial charge in [-0.3, -0.25) is 0 Å². The monoisotopic (exact) mass is 313 g/mol. The second-order valence-electron chi connectivity index (χ2n) is 7.00. The summed E-state index contributed by atoms with van der Waals surface area (Å²) in [4.78, 5) is 0. The summed E-state index contributed by atoms with van der Waals surface area (Å²) in [6.07, 6.45) is 21.8. The molecule has 3 N–H and O–H groups in total. The molecule has 0 aromatic rings. The van der Waals surface area contributed by atoms with Crippen LogP contribution in [0.15, 0.2) is 0 Å². The third-order valence-corrected chi connectivity index (χ3v) is 4.84. The lowest BCUT2D eigenvalue weighted by atomic mass is 9.97. The van der Waals surface area contributed by atoms with E-state index in [1.165, 1.54) is 96.3 Å². The molecular formula is C20H43NO. The molecular weight excluding hydrogens is 270 g/mol. The van der Waals surface area contributed by atoms with Crippen LogP contribution in [0.1, 0.15) is 110 Å². The molecule has 1 atom stereocenters. The van der Waals surface area contributed by atoms with Crippen molar-refractivity contribution in [2.45, 2.75) is 110 Å². The van der Waals surface area contributed by atoms with Gasteiger partial charge in [0, 0.05) is 6.61 Å². The van der Waals surface area contributed by atoms with Crippen molar-refractivity contribution < 1.29 is 5.11 Å². The zero-order valence-corrected chi connectivity index (χ0v) is 15.3. The summed E-state index contributed by atoms with van der Waals surface area (Å²) in [7, 11) is 0. The Morgan fingerprint density at radius 2 is 1.05 bits per heavy atom. The molecule has 0 radical (unpaired) electrons. The van der Waals surface area contributed by atoms with Gasteiger partial charge in [-0.05, 0) is 25.3 Å². The first kappa shape index (κ1) is 21.9. The normalized spacial score (nSPS) is 12.7. The van der Waals surface area contributed by atoms with Crippen LogP contribution in [0.5, 0.6) is 0 Å². The Bertz CT molecular complexity index is 196. The zero-order chi connectivity index (χ0) is 16.3. The van der Waals surface area contributed by atoms with E-state index in [9.17, 15) is 0 Å². The third kappa shape index (κ3) is 16.3. The summed E-state index contributed by atoms with van der Waals surface area (Å²) in [6, 6.07) is 0. The predicted molar refractivity (Wildman–Crippen MR) is 99.2 cm³/mol. The van der Waals surface area contributed by atoms with Crippen LogP contribution < -0.4 is 5.73 Å². The van der Waals surface area contributed by atoms with Crippen LogP contribution in [0, 0.1) is 5.92 Å². The van der Waals surface area contributed by atoms with Crippen molar-refractivity contribution in [3.05, 3.63) is 0 Å². The van der Waals surface area contributed by atoms with E-state index in [2.05, 4.69) is 6.92 Å². The van der Waals surface area contributed by atoms with Crippen LogP contribution in [0.25, 0.3) is 0 Å². The Hall–Kier alpha value is -0.0800. The molecule has 0 saturated heterocycles. The molecule has 0 spiro atoms. The van der Waals surface area contributed by atoms with Gasteiger partial charge in [0.05, 0.1) is 0 Å². The molecule has 0 aliphatic rings. The van der Waals surface area contributed by atoms with Crippen molar-refractivity contribution in [1.82, 2.24) is 0 Å². The maximum Gasteiger partial charge on any atom is 0.0434 e. The van der Waals surface area contributed by atoms with Crippen LogP contribution in [0.3, 0.4) is 0 Å². The first-order valence-electron chi connectivity index (χ1n) is 10.2. The van der Waals surface area contributed by atoms with Gasteiger partial charge >= 0.3 is 0 Å². The highest BCUT2D eigenvalue weighted by Gasteiger charge is 2.04. The molecule has 22 heavy (non-hydrogen) atoms. The topological polar surface area (TPSA) is 46.2 Å². The van der Waals surface area contributed by atoms with Gasteiger partial charge < -0.3 is 10.8 Å². The van der Waals surface area contributed by atoms with Crippen molar-refractivity contribution in [3.8, 4) is 0 Å². The maximum absolute atomic E-state index is 8.93. The Morgan fingerprint density at radius 3 is 1.41 bits per heavy atom. The SMILES string of the molecule is CCCCCCCCCCCCCCCCC(CN)CCO. The van der Waals surface area contributed by atoms with Gasteiger partial charge in [-0.2, -0.15) is 0 Å². The summed E-state index contributed by atoms with van der Waals surface area (Å²) >= 11 is 0. The lowest BCUT2D eigenvalue weighted by Gasteiger charge is -2.12. The summed E-state index contributed by atoms with van der Waals surface area (Å²) in [6.45, 7) is 3.31. The van der Waals surface area contributed by atoms with Crippen LogP contribution >= 0.6 is 0 Å². The number of nitrogens with two attached hydrogens (primary N) is 1. The number of rotatable bonds is 18. The van der Waals surface area contributed by atoms with Gasteiger partial charge in [0.25, 0.3) is 0 Å². The molecule has 2 heteroatoms. The van der Waals surface area contributed by atoms with Crippen LogP contribution in [-0.4, -0.2) is 18.3 Å². The predicted octanol–water partition coefficient (Wildman–Crippen LogP) is 5.82. The van der Waals surface area contributed by atoms with E-state index in [-0.39, 0.29) is 0 Å². The lowest BCUT2D eigenvalue weighted by Crippen LogP contribution is -2.15. The Morgan fingerprint density at radius 1 is 0.636 bits per heavy atom. The minimum atomic E-state index is 0.292. The summed E-state index contributed by atoms with van der Waals surface area (Å²) in [5.41, 5.74) is 5.70. The first-order chi connectivity index (χ1) is 10.8. The van der Waals surface area contributed by atoms with E-state index in [0.717, 1.165) is 13.0 Å². The highest BCUT2D eigenvalue weighted by molar-refractivity contribution is 4.60. The van der Waals surface area contributed by atoms with E-state index in [1.807, 2.05) is 0 Å². The van der Waals surface area contributed by atoms with Crippen LogP contribution in [0.4, 0.5) is 0 Å². The Kier molecular flexibility index (Phi) is 18.9. The van der Waals surface area contributed by atoms with Gasteiger partial charge in [-0.25, -0.2) is 0 Å². The van der Waals surface area contributed by atoms with E-state index < -0.39 is 0 Å². The highest BCUT2D eigenvalue weighted by Crippen LogP contribution is 2.15. The van der Waals surface area contributed by atoms with Gasteiger partial charge in [-0.1, -0.05) is 96.8 Å². The van der Waals surface area contributed by atoms with E-state index in [0.29, 0.717) is 12.5 Å². The van der Waals surface area contributed by atoms with Gasteiger partial charge in [0.15, 0.2) is 0 Å². The molecule has 0 aliphatic heterocycles. The molecule has 0 rings (SSSR count). The summed E-state index contributed by atoms with van der Waals surface area (Å²) in [5.74, 6) is 0.544. The largest absolute Gasteiger partial charge is 0.396 e. The fourth-order valence-electron chi connectivity index (χ4n) is 3.19. The molecule has 0 fully saturated rings. The average molecular weight is 314 g/mol. The molecule has 0 amide bonds. The highest BCUT2D eigenvalue weighted by atomic mass is 16.3. The maximum atomic E-state index is 8.93. The number of hydrogen-bond acceptors (Lipinski definition) is 2. The Labute approximate surface area is 140 Å². The molecule has 0 saturated carbocycles. The van der Waals surface area contributed by atoms with Crippen LogP contribution in [0.2, 0.25) is 0 Å². The van der Waals surface area contributed by atoms with Crippen molar-refractivity contribution in [1.29, 1.82) is 0 Å². The smallest absolute Gasteiger partial charge is 0.0434 e. The number of aliphatic hydroxyl groups excluding tert-OH is 1. The van der Waals surface area contributed by atoms with E-state index in [4.69, 9.17) is 10.8 Å². The number of aliphatic hydroxyl groups is 1. The second-order valence-corrected chi connectivity index (χ2v) is 7.00. The van der Waals surface area contributed by atoms with Crippen molar-refractivity contribution in [2.24, 2.45) is 11.7 Å². The molecule has 134 valence electrons. The Balaban J connectivity index is 3.08. The molecule has 0 aliphatic carbocycles. The van der Waals surface area contributed by atoms with Crippen molar-refractivity contribution in [2.75, 3.05) is 13.2 Å². The molecule has 0 aromatic carbocycles. The van der Waals surface area contributed by atoms with E-state index in [1.54, 1.807) is 0 Å². The average Bonchev–Trinajstić information content (AvgIpc) is 2.54. The first-order valence-corrected chi connectivity index (χ1v) is 10.2. The second kappa shape index (κ2) is 19.0. The minimum absolute atomic E-state index is 0.292. The quantitative estimate of drug-likeness (QED) is 0.313. The standard InChI is InChI=1S/C20H43NO/c1-2-3-4-5-6-7-8-9-10-11-12-13-14-15-16-20(19-21)17-18-22/h20,22H,2-19,21H2,1H3. The van der Waals surface area contributed by atoms with E-state index >= 15 is 0 Å². The molecule has 0 bridgehead atoms. The van der Waals surface area contributed by atoms with Crippen LogP contribution in [-0.2, 0) is 0 Å². The number of hydrogen-bond donors (Lipinski definition) is 2. The summed E-state index contributed by atoms with van der Waals surface area (Å²) in [5, 5.41) is 8.93. The minimum Gasteiger partial charge on any atom is -0.396 e.